The zero-order chi connectivity index (χ0) is 19.0. The molecular formula is C16H23NO8. The molecule has 0 saturated carbocycles. The van der Waals surface area contributed by atoms with Crippen LogP contribution in [0.4, 0.5) is 0 Å². The SMILES string of the molecule is CC(C)COCC(C)(C=O)OC(=O)CCC(=O)ON1C(=O)CCC1=O. The molecular weight excluding hydrogens is 334 g/mol. The third kappa shape index (κ3) is 7.00. The van der Waals surface area contributed by atoms with Crippen molar-refractivity contribution in [3.8, 4) is 0 Å². The molecule has 1 aliphatic rings. The number of imide groups is 1. The molecule has 2 amide bonds. The first-order chi connectivity index (χ1) is 11.7. The summed E-state index contributed by atoms with van der Waals surface area (Å²) in [4.78, 5) is 61.8. The van der Waals surface area contributed by atoms with Crippen molar-refractivity contribution >= 4 is 30.0 Å². The molecule has 1 aliphatic heterocycles. The maximum atomic E-state index is 11.8. The second-order valence-electron chi connectivity index (χ2n) is 6.36. The Morgan fingerprint density at radius 3 is 2.24 bits per heavy atom. The van der Waals surface area contributed by atoms with Gasteiger partial charge < -0.3 is 14.3 Å². The number of hydroxylamine groups is 2. The number of amides is 2. The lowest BCUT2D eigenvalue weighted by atomic mass is 10.1. The number of carbonyl (C=O) groups is 5. The van der Waals surface area contributed by atoms with Gasteiger partial charge in [-0.1, -0.05) is 13.8 Å². The van der Waals surface area contributed by atoms with Crippen LogP contribution >= 0.6 is 0 Å². The highest BCUT2D eigenvalue weighted by atomic mass is 16.7. The first-order valence-electron chi connectivity index (χ1n) is 7.99. The lowest BCUT2D eigenvalue weighted by Crippen LogP contribution is -2.39. The van der Waals surface area contributed by atoms with Crippen LogP contribution in [-0.2, 0) is 38.3 Å². The Balaban J connectivity index is 2.39. The van der Waals surface area contributed by atoms with E-state index in [1.165, 1.54) is 6.92 Å². The minimum atomic E-state index is -1.45. The average molecular weight is 357 g/mol. The number of hydrogen-bond acceptors (Lipinski definition) is 8. The molecule has 0 radical (unpaired) electrons. The summed E-state index contributed by atoms with van der Waals surface area (Å²) in [7, 11) is 0. The summed E-state index contributed by atoms with van der Waals surface area (Å²) in [6.45, 7) is 5.59. The third-order valence-electron chi connectivity index (χ3n) is 3.17. The van der Waals surface area contributed by atoms with Gasteiger partial charge in [0.1, 0.15) is 0 Å². The van der Waals surface area contributed by atoms with Gasteiger partial charge in [-0.2, -0.15) is 0 Å². The average Bonchev–Trinajstić information content (AvgIpc) is 2.84. The van der Waals surface area contributed by atoms with Crippen molar-refractivity contribution in [3.63, 3.8) is 0 Å². The van der Waals surface area contributed by atoms with Crippen LogP contribution in [0, 0.1) is 5.92 Å². The Kier molecular flexibility index (Phi) is 7.69. The summed E-state index contributed by atoms with van der Waals surface area (Å²) in [5.41, 5.74) is -1.45. The van der Waals surface area contributed by atoms with Crippen LogP contribution in [0.5, 0.6) is 0 Å². The van der Waals surface area contributed by atoms with Gasteiger partial charge in [0, 0.05) is 19.4 Å². The third-order valence-corrected chi connectivity index (χ3v) is 3.17. The summed E-state index contributed by atoms with van der Waals surface area (Å²) in [6, 6.07) is 0. The molecule has 0 aliphatic carbocycles. The summed E-state index contributed by atoms with van der Waals surface area (Å²) in [5, 5.41) is 0.406. The van der Waals surface area contributed by atoms with Crippen molar-refractivity contribution in [2.75, 3.05) is 13.2 Å². The van der Waals surface area contributed by atoms with Crippen molar-refractivity contribution in [3.05, 3.63) is 0 Å². The van der Waals surface area contributed by atoms with Crippen molar-refractivity contribution in [2.24, 2.45) is 5.92 Å². The van der Waals surface area contributed by atoms with E-state index in [0.29, 0.717) is 18.0 Å². The van der Waals surface area contributed by atoms with Crippen LogP contribution in [0.15, 0.2) is 0 Å². The maximum Gasteiger partial charge on any atom is 0.333 e. The second kappa shape index (κ2) is 9.26. The molecule has 140 valence electrons. The lowest BCUT2D eigenvalue weighted by Gasteiger charge is -2.24. The molecule has 0 spiro atoms. The summed E-state index contributed by atoms with van der Waals surface area (Å²) in [6.07, 6.45) is -0.310. The minimum absolute atomic E-state index is 0.0117. The highest BCUT2D eigenvalue weighted by Gasteiger charge is 2.33. The molecule has 1 fully saturated rings. The Hall–Kier alpha value is -2.29. The zero-order valence-corrected chi connectivity index (χ0v) is 14.6. The Bertz CT molecular complexity index is 528. The van der Waals surface area contributed by atoms with E-state index in [4.69, 9.17) is 9.47 Å². The van der Waals surface area contributed by atoms with Gasteiger partial charge >= 0.3 is 11.9 Å². The molecule has 0 aromatic heterocycles. The first kappa shape index (κ1) is 20.8. The Morgan fingerprint density at radius 2 is 1.72 bits per heavy atom. The number of nitrogens with zero attached hydrogens (tertiary/aromatic N) is 1. The standard InChI is InChI=1S/C16H23NO8/c1-11(2)8-23-10-16(3,9-18)24-14(21)6-7-15(22)25-17-12(19)4-5-13(17)20/h9,11H,4-8,10H2,1-3H3. The number of rotatable bonds is 10. The lowest BCUT2D eigenvalue weighted by molar-refractivity contribution is -0.198. The number of ether oxygens (including phenoxy) is 2. The summed E-state index contributed by atoms with van der Waals surface area (Å²) in [5.74, 6) is -2.64. The van der Waals surface area contributed by atoms with Crippen molar-refractivity contribution < 1.29 is 38.3 Å². The normalized spacial score (nSPS) is 16.7. The van der Waals surface area contributed by atoms with Crippen LogP contribution in [0.25, 0.3) is 0 Å². The summed E-state index contributed by atoms with van der Waals surface area (Å²) < 4.78 is 10.4. The predicted molar refractivity (Wildman–Crippen MR) is 82.6 cm³/mol. The molecule has 25 heavy (non-hydrogen) atoms. The topological polar surface area (TPSA) is 116 Å². The molecule has 1 unspecified atom stereocenters. The smallest absolute Gasteiger partial charge is 0.333 e. The van der Waals surface area contributed by atoms with Gasteiger partial charge in [0.15, 0.2) is 11.9 Å². The highest BCUT2D eigenvalue weighted by Crippen LogP contribution is 2.14. The van der Waals surface area contributed by atoms with E-state index in [0.717, 1.165) is 0 Å². The molecule has 1 saturated heterocycles. The Labute approximate surface area is 145 Å². The van der Waals surface area contributed by atoms with Gasteiger partial charge in [0.25, 0.3) is 11.8 Å². The van der Waals surface area contributed by atoms with E-state index in [2.05, 4.69) is 4.84 Å². The van der Waals surface area contributed by atoms with E-state index in [9.17, 15) is 24.0 Å². The van der Waals surface area contributed by atoms with Crippen LogP contribution in [0.3, 0.4) is 0 Å². The number of esters is 1. The molecule has 1 heterocycles. The molecule has 0 aromatic carbocycles. The van der Waals surface area contributed by atoms with Gasteiger partial charge in [-0.15, -0.1) is 5.06 Å². The van der Waals surface area contributed by atoms with Crippen molar-refractivity contribution in [2.45, 2.75) is 52.1 Å². The Morgan fingerprint density at radius 1 is 1.16 bits per heavy atom. The molecule has 1 rings (SSSR count). The molecule has 0 N–H and O–H groups in total. The predicted octanol–water partition coefficient (Wildman–Crippen LogP) is 0.547. The fourth-order valence-electron chi connectivity index (χ4n) is 1.91. The first-order valence-corrected chi connectivity index (χ1v) is 7.99. The quantitative estimate of drug-likeness (QED) is 0.316. The van der Waals surface area contributed by atoms with Gasteiger partial charge in [-0.3, -0.25) is 19.2 Å². The number of aldehydes is 1. The van der Waals surface area contributed by atoms with Gasteiger partial charge in [-0.05, 0) is 12.8 Å². The largest absolute Gasteiger partial charge is 0.449 e. The monoisotopic (exact) mass is 357 g/mol. The summed E-state index contributed by atoms with van der Waals surface area (Å²) >= 11 is 0. The van der Waals surface area contributed by atoms with Gasteiger partial charge in [-0.25, -0.2) is 4.79 Å². The highest BCUT2D eigenvalue weighted by molar-refractivity contribution is 6.01. The molecule has 9 heteroatoms. The maximum absolute atomic E-state index is 11.8. The van der Waals surface area contributed by atoms with E-state index < -0.39 is 35.8 Å². The van der Waals surface area contributed by atoms with Crippen molar-refractivity contribution in [1.29, 1.82) is 0 Å². The van der Waals surface area contributed by atoms with Crippen molar-refractivity contribution in [1.82, 2.24) is 5.06 Å². The fourth-order valence-corrected chi connectivity index (χ4v) is 1.91. The van der Waals surface area contributed by atoms with Crippen LogP contribution < -0.4 is 0 Å². The van der Waals surface area contributed by atoms with Crippen LogP contribution in [-0.4, -0.2) is 53.9 Å². The van der Waals surface area contributed by atoms with E-state index >= 15 is 0 Å². The fraction of sp³-hybridized carbons (Fsp3) is 0.688. The molecule has 9 nitrogen and oxygen atoms in total. The second-order valence-corrected chi connectivity index (χ2v) is 6.36. The minimum Gasteiger partial charge on any atom is -0.449 e. The van der Waals surface area contributed by atoms with Gasteiger partial charge in [0.05, 0.1) is 19.4 Å². The molecule has 0 bridgehead atoms. The zero-order valence-electron chi connectivity index (χ0n) is 14.6. The van der Waals surface area contributed by atoms with Crippen LogP contribution in [0.2, 0.25) is 0 Å². The van der Waals surface area contributed by atoms with Crippen LogP contribution in [0.1, 0.15) is 46.5 Å². The van der Waals surface area contributed by atoms with E-state index in [1.54, 1.807) is 0 Å². The molecule has 1 atom stereocenters. The number of carbonyl (C=O) groups excluding carboxylic acids is 5. The van der Waals surface area contributed by atoms with E-state index in [1.807, 2.05) is 13.8 Å². The van der Waals surface area contributed by atoms with E-state index in [-0.39, 0.29) is 31.8 Å². The molecule has 0 aromatic rings. The number of hydrogen-bond donors (Lipinski definition) is 0. The van der Waals surface area contributed by atoms with Gasteiger partial charge in [0.2, 0.25) is 0 Å².